The van der Waals surface area contributed by atoms with Crippen LogP contribution < -0.4 is 0 Å². The van der Waals surface area contributed by atoms with Gasteiger partial charge in [0.25, 0.3) is 5.91 Å². The van der Waals surface area contributed by atoms with E-state index in [2.05, 4.69) is 23.7 Å². The molecule has 2 aromatic rings. The molecule has 1 aromatic heterocycles. The lowest BCUT2D eigenvalue weighted by Gasteiger charge is -2.36. The highest BCUT2D eigenvalue weighted by Gasteiger charge is 2.26. The van der Waals surface area contributed by atoms with Gasteiger partial charge in [-0.3, -0.25) is 9.69 Å². The number of rotatable bonds is 3. The van der Waals surface area contributed by atoms with Gasteiger partial charge in [-0.15, -0.1) is 11.3 Å². The topological polar surface area (TPSA) is 36.4 Å². The van der Waals surface area contributed by atoms with Crippen molar-refractivity contribution >= 4 is 40.4 Å². The van der Waals surface area contributed by atoms with Crippen LogP contribution in [0.4, 0.5) is 0 Å². The number of halogens is 2. The lowest BCUT2D eigenvalue weighted by atomic mass is 10.2. The maximum Gasteiger partial charge on any atom is 0.265 e. The van der Waals surface area contributed by atoms with Gasteiger partial charge >= 0.3 is 0 Å². The lowest BCUT2D eigenvalue weighted by Crippen LogP contribution is -2.50. The molecule has 134 valence electrons. The van der Waals surface area contributed by atoms with Crippen molar-refractivity contribution in [2.24, 2.45) is 0 Å². The highest BCUT2D eigenvalue weighted by atomic mass is 35.5. The Hall–Kier alpha value is -1.14. The minimum absolute atomic E-state index is 0.0582. The van der Waals surface area contributed by atoms with Crippen LogP contribution in [0, 0.1) is 6.92 Å². The van der Waals surface area contributed by atoms with Crippen LogP contribution in [-0.2, 0) is 0 Å². The Morgan fingerprint density at radius 1 is 1.20 bits per heavy atom. The minimum Gasteiger partial charge on any atom is -0.335 e. The smallest absolute Gasteiger partial charge is 0.265 e. The molecule has 25 heavy (non-hydrogen) atoms. The predicted molar refractivity (Wildman–Crippen MR) is 105 cm³/mol. The highest BCUT2D eigenvalue weighted by Crippen LogP contribution is 2.37. The molecule has 0 N–H and O–H groups in total. The number of carbonyl (C=O) groups is 1. The number of aromatic nitrogens is 1. The Balaban J connectivity index is 1.81. The Morgan fingerprint density at radius 2 is 1.88 bits per heavy atom. The van der Waals surface area contributed by atoms with Crippen LogP contribution in [0.2, 0.25) is 10.0 Å². The molecule has 3 rings (SSSR count). The summed E-state index contributed by atoms with van der Waals surface area (Å²) >= 11 is 13.8. The summed E-state index contributed by atoms with van der Waals surface area (Å²) in [6, 6.07) is 5.97. The van der Waals surface area contributed by atoms with E-state index in [1.54, 1.807) is 6.07 Å². The Morgan fingerprint density at radius 3 is 2.52 bits per heavy atom. The summed E-state index contributed by atoms with van der Waals surface area (Å²) in [7, 11) is 0. The molecule has 0 aliphatic carbocycles. The average molecular weight is 398 g/mol. The van der Waals surface area contributed by atoms with Crippen molar-refractivity contribution in [1.82, 2.24) is 14.8 Å². The molecule has 0 spiro atoms. The fourth-order valence-electron chi connectivity index (χ4n) is 2.96. The second-order valence-electron chi connectivity index (χ2n) is 6.46. The molecule has 7 heteroatoms. The molecule has 0 atom stereocenters. The van der Waals surface area contributed by atoms with Crippen LogP contribution >= 0.6 is 34.5 Å². The number of hydrogen-bond acceptors (Lipinski definition) is 4. The SMILES string of the molecule is Cc1nc(-c2cccc(Cl)c2Cl)sc1C(=O)N1CCN(C(C)C)CC1. The summed E-state index contributed by atoms with van der Waals surface area (Å²) in [5.41, 5.74) is 1.51. The molecule has 0 radical (unpaired) electrons. The molecule has 1 aliphatic rings. The van der Waals surface area contributed by atoms with Gasteiger partial charge in [0, 0.05) is 37.8 Å². The molecule has 1 aliphatic heterocycles. The van der Waals surface area contributed by atoms with Crippen molar-refractivity contribution in [1.29, 1.82) is 0 Å². The third-order valence-electron chi connectivity index (χ3n) is 4.50. The monoisotopic (exact) mass is 397 g/mol. The van der Waals surface area contributed by atoms with Gasteiger partial charge in [-0.2, -0.15) is 0 Å². The lowest BCUT2D eigenvalue weighted by molar-refractivity contribution is 0.0599. The van der Waals surface area contributed by atoms with Crippen LogP contribution in [0.25, 0.3) is 10.6 Å². The summed E-state index contributed by atoms with van der Waals surface area (Å²) in [5, 5.41) is 1.70. The largest absolute Gasteiger partial charge is 0.335 e. The van der Waals surface area contributed by atoms with Crippen molar-refractivity contribution in [2.75, 3.05) is 26.2 Å². The fourth-order valence-corrected chi connectivity index (χ4v) is 4.48. The number of nitrogens with zero attached hydrogens (tertiary/aromatic N) is 3. The third kappa shape index (κ3) is 3.85. The fraction of sp³-hybridized carbons (Fsp3) is 0.444. The van der Waals surface area contributed by atoms with Crippen LogP contribution in [0.15, 0.2) is 18.2 Å². The normalized spacial score (nSPS) is 15.8. The summed E-state index contributed by atoms with van der Waals surface area (Å²) in [6.07, 6.45) is 0. The summed E-state index contributed by atoms with van der Waals surface area (Å²) in [4.78, 5) is 22.5. The maximum absolute atomic E-state index is 12.9. The van der Waals surface area contributed by atoms with Crippen LogP contribution in [0.5, 0.6) is 0 Å². The van der Waals surface area contributed by atoms with Crippen LogP contribution in [-0.4, -0.2) is 52.9 Å². The Bertz CT molecular complexity index is 783. The highest BCUT2D eigenvalue weighted by molar-refractivity contribution is 7.17. The number of thiazole rings is 1. The second-order valence-corrected chi connectivity index (χ2v) is 8.24. The zero-order chi connectivity index (χ0) is 18.1. The van der Waals surface area contributed by atoms with Crippen molar-refractivity contribution in [3.63, 3.8) is 0 Å². The molecule has 1 aromatic carbocycles. The van der Waals surface area contributed by atoms with Crippen LogP contribution in [0.3, 0.4) is 0 Å². The molecule has 4 nitrogen and oxygen atoms in total. The molecule has 1 saturated heterocycles. The van der Waals surface area contributed by atoms with Gasteiger partial charge in [0.05, 0.1) is 15.7 Å². The van der Waals surface area contributed by atoms with E-state index < -0.39 is 0 Å². The molecule has 0 saturated carbocycles. The zero-order valence-electron chi connectivity index (χ0n) is 14.6. The van der Waals surface area contributed by atoms with E-state index in [-0.39, 0.29) is 5.91 Å². The number of hydrogen-bond donors (Lipinski definition) is 0. The predicted octanol–water partition coefficient (Wildman–Crippen LogP) is 4.59. The number of aryl methyl sites for hydroxylation is 1. The number of benzene rings is 1. The van der Waals surface area contributed by atoms with Crippen molar-refractivity contribution in [2.45, 2.75) is 26.8 Å². The summed E-state index contributed by atoms with van der Waals surface area (Å²) < 4.78 is 0. The standard InChI is InChI=1S/C18H21Cl2N3OS/c1-11(2)22-7-9-23(10-8-22)18(24)16-12(3)21-17(25-16)13-5-4-6-14(19)15(13)20/h4-6,11H,7-10H2,1-3H3. The molecular formula is C18H21Cl2N3OS. The van der Waals surface area contributed by atoms with Gasteiger partial charge in [-0.25, -0.2) is 4.98 Å². The third-order valence-corrected chi connectivity index (χ3v) is 6.50. The van der Waals surface area contributed by atoms with E-state index in [0.717, 1.165) is 42.4 Å². The van der Waals surface area contributed by atoms with Gasteiger partial charge in [0.15, 0.2) is 0 Å². The van der Waals surface area contributed by atoms with E-state index in [9.17, 15) is 4.79 Å². The quantitative estimate of drug-likeness (QED) is 0.759. The molecule has 0 bridgehead atoms. The molecule has 0 unspecified atom stereocenters. The summed E-state index contributed by atoms with van der Waals surface area (Å²) in [5.74, 6) is 0.0582. The van der Waals surface area contributed by atoms with Gasteiger partial charge in [0.2, 0.25) is 0 Å². The Labute approximate surface area is 162 Å². The second kappa shape index (κ2) is 7.62. The molecular weight excluding hydrogens is 377 g/mol. The molecule has 1 fully saturated rings. The van der Waals surface area contributed by atoms with Crippen molar-refractivity contribution < 1.29 is 4.79 Å². The summed E-state index contributed by atoms with van der Waals surface area (Å²) in [6.45, 7) is 9.57. The molecule has 1 amide bonds. The first kappa shape index (κ1) is 18.6. The van der Waals surface area contributed by atoms with Gasteiger partial charge in [0.1, 0.15) is 9.88 Å². The van der Waals surface area contributed by atoms with E-state index in [0.29, 0.717) is 21.0 Å². The maximum atomic E-state index is 12.9. The number of piperazine rings is 1. The van der Waals surface area contributed by atoms with E-state index in [4.69, 9.17) is 23.2 Å². The minimum atomic E-state index is 0.0582. The van der Waals surface area contributed by atoms with E-state index in [1.807, 2.05) is 24.0 Å². The van der Waals surface area contributed by atoms with E-state index in [1.165, 1.54) is 11.3 Å². The Kier molecular flexibility index (Phi) is 5.68. The van der Waals surface area contributed by atoms with Gasteiger partial charge in [-0.1, -0.05) is 35.3 Å². The first-order chi connectivity index (χ1) is 11.9. The zero-order valence-corrected chi connectivity index (χ0v) is 16.9. The average Bonchev–Trinajstić information content (AvgIpc) is 2.98. The van der Waals surface area contributed by atoms with Gasteiger partial charge in [-0.05, 0) is 26.8 Å². The van der Waals surface area contributed by atoms with Gasteiger partial charge < -0.3 is 4.90 Å². The van der Waals surface area contributed by atoms with Crippen LogP contribution in [0.1, 0.15) is 29.2 Å². The van der Waals surface area contributed by atoms with Crippen molar-refractivity contribution in [3.8, 4) is 10.6 Å². The molecule has 2 heterocycles. The first-order valence-corrected chi connectivity index (χ1v) is 9.91. The van der Waals surface area contributed by atoms with Crippen molar-refractivity contribution in [3.05, 3.63) is 38.8 Å². The number of carbonyl (C=O) groups excluding carboxylic acids is 1. The van der Waals surface area contributed by atoms with E-state index >= 15 is 0 Å². The first-order valence-electron chi connectivity index (χ1n) is 8.33. The number of amides is 1.